The number of nitrogens with zero attached hydrogens (tertiary/aromatic N) is 1. The molecule has 1 aliphatic heterocycles. The summed E-state index contributed by atoms with van der Waals surface area (Å²) < 4.78 is 6.99. The number of hydrogen-bond donors (Lipinski definition) is 0. The first-order valence-corrected chi connectivity index (χ1v) is 6.26. The number of hydrogen-bond acceptors (Lipinski definition) is 4. The van der Waals surface area contributed by atoms with Gasteiger partial charge in [0.05, 0.1) is 18.4 Å². The fraction of sp³-hybridized carbons (Fsp3) is 0.417. The summed E-state index contributed by atoms with van der Waals surface area (Å²) >= 11 is 1.77. The van der Waals surface area contributed by atoms with Crippen molar-refractivity contribution in [1.82, 2.24) is 0 Å². The predicted octanol–water partition coefficient (Wildman–Crippen LogP) is 2.64. The number of esters is 1. The third-order valence-corrected chi connectivity index (χ3v) is 3.74. The van der Waals surface area contributed by atoms with E-state index in [0.29, 0.717) is 5.56 Å². The zero-order chi connectivity index (χ0) is 11.5. The van der Waals surface area contributed by atoms with E-state index in [2.05, 4.69) is 4.31 Å². The van der Waals surface area contributed by atoms with Gasteiger partial charge in [0.15, 0.2) is 0 Å². The van der Waals surface area contributed by atoms with Gasteiger partial charge in [0.25, 0.3) is 0 Å². The maximum absolute atomic E-state index is 11.7. The van der Waals surface area contributed by atoms with E-state index in [4.69, 9.17) is 4.74 Å². The third kappa shape index (κ3) is 2.16. The highest BCUT2D eigenvalue weighted by atomic mass is 32.2. The molecule has 0 bridgehead atoms. The smallest absolute Gasteiger partial charge is 0.340 e. The summed E-state index contributed by atoms with van der Waals surface area (Å²) in [5.74, 6) is 0.861. The number of carbonyl (C=O) groups is 1. The van der Waals surface area contributed by atoms with Gasteiger partial charge in [0, 0.05) is 12.3 Å². The maximum Gasteiger partial charge on any atom is 0.340 e. The maximum atomic E-state index is 11.7. The van der Waals surface area contributed by atoms with Gasteiger partial charge in [0.2, 0.25) is 0 Å². The van der Waals surface area contributed by atoms with Gasteiger partial charge in [-0.25, -0.2) is 4.79 Å². The molecule has 1 fully saturated rings. The minimum atomic E-state index is -0.258. The number of ether oxygens (including phenoxy) is 1. The van der Waals surface area contributed by atoms with Crippen molar-refractivity contribution in [2.75, 3.05) is 23.7 Å². The number of benzene rings is 1. The number of carbonyl (C=O) groups excluding carboxylic acids is 1. The number of aryl methyl sites for hydroxylation is 1. The van der Waals surface area contributed by atoms with E-state index in [0.717, 1.165) is 23.5 Å². The van der Waals surface area contributed by atoms with Crippen LogP contribution in [0, 0.1) is 6.92 Å². The molecular weight excluding hydrogens is 222 g/mol. The number of methoxy groups -OCH3 is 1. The first kappa shape index (κ1) is 11.3. The summed E-state index contributed by atoms with van der Waals surface area (Å²) in [6.07, 6.45) is 1.17. The molecule has 0 aromatic heterocycles. The van der Waals surface area contributed by atoms with Crippen molar-refractivity contribution in [2.45, 2.75) is 13.3 Å². The lowest BCUT2D eigenvalue weighted by atomic mass is 10.1. The Morgan fingerprint density at radius 2 is 2.31 bits per heavy atom. The molecular formula is C12H15NO2S. The summed E-state index contributed by atoms with van der Waals surface area (Å²) in [6.45, 7) is 2.98. The fourth-order valence-corrected chi connectivity index (χ4v) is 2.81. The summed E-state index contributed by atoms with van der Waals surface area (Å²) in [5.41, 5.74) is 2.71. The van der Waals surface area contributed by atoms with Gasteiger partial charge in [0.1, 0.15) is 0 Å². The number of anilines is 1. The van der Waals surface area contributed by atoms with Gasteiger partial charge in [-0.3, -0.25) is 0 Å². The first-order valence-electron chi connectivity index (χ1n) is 5.32. The van der Waals surface area contributed by atoms with Gasteiger partial charge in [-0.05, 0) is 37.4 Å². The first-order chi connectivity index (χ1) is 7.72. The van der Waals surface area contributed by atoms with Crippen molar-refractivity contribution in [3.63, 3.8) is 0 Å². The molecule has 0 saturated carbocycles. The predicted molar refractivity (Wildman–Crippen MR) is 66.9 cm³/mol. The molecule has 16 heavy (non-hydrogen) atoms. The highest BCUT2D eigenvalue weighted by molar-refractivity contribution is 8.00. The zero-order valence-corrected chi connectivity index (χ0v) is 10.3. The molecule has 1 saturated heterocycles. The molecule has 0 radical (unpaired) electrons. The summed E-state index contributed by atoms with van der Waals surface area (Å²) in [7, 11) is 1.42. The molecule has 3 nitrogen and oxygen atoms in total. The van der Waals surface area contributed by atoms with Crippen LogP contribution in [-0.2, 0) is 4.74 Å². The topological polar surface area (TPSA) is 29.5 Å². The van der Waals surface area contributed by atoms with Gasteiger partial charge in [-0.2, -0.15) is 0 Å². The Labute approximate surface area is 99.9 Å². The Kier molecular flexibility index (Phi) is 3.39. The van der Waals surface area contributed by atoms with Crippen LogP contribution in [0.1, 0.15) is 22.3 Å². The molecule has 86 valence electrons. The van der Waals surface area contributed by atoms with Crippen LogP contribution < -0.4 is 4.31 Å². The normalized spacial score (nSPS) is 15.2. The quantitative estimate of drug-likeness (QED) is 0.584. The molecule has 0 atom stereocenters. The fourth-order valence-electron chi connectivity index (χ4n) is 1.78. The van der Waals surface area contributed by atoms with Gasteiger partial charge in [-0.15, -0.1) is 0 Å². The van der Waals surface area contributed by atoms with Crippen molar-refractivity contribution < 1.29 is 9.53 Å². The molecule has 0 unspecified atom stereocenters. The van der Waals surface area contributed by atoms with Gasteiger partial charge < -0.3 is 9.04 Å². The van der Waals surface area contributed by atoms with Crippen LogP contribution in [0.5, 0.6) is 0 Å². The number of rotatable bonds is 2. The molecule has 0 amide bonds. The molecule has 0 aliphatic carbocycles. The Balaban J connectivity index is 2.38. The molecule has 2 rings (SSSR count). The summed E-state index contributed by atoms with van der Waals surface area (Å²) in [5, 5.41) is 0. The molecule has 0 spiro atoms. The lowest BCUT2D eigenvalue weighted by Gasteiger charge is -2.19. The van der Waals surface area contributed by atoms with E-state index < -0.39 is 0 Å². The van der Waals surface area contributed by atoms with E-state index in [-0.39, 0.29) is 5.97 Å². The van der Waals surface area contributed by atoms with Crippen LogP contribution in [0.4, 0.5) is 5.69 Å². The van der Waals surface area contributed by atoms with Crippen LogP contribution in [0.15, 0.2) is 18.2 Å². The van der Waals surface area contributed by atoms with Crippen LogP contribution in [0.2, 0.25) is 0 Å². The van der Waals surface area contributed by atoms with E-state index in [1.165, 1.54) is 13.5 Å². The van der Waals surface area contributed by atoms with E-state index in [9.17, 15) is 4.79 Å². The lowest BCUT2D eigenvalue weighted by molar-refractivity contribution is 0.0601. The van der Waals surface area contributed by atoms with Crippen LogP contribution in [-0.4, -0.2) is 25.4 Å². The largest absolute Gasteiger partial charge is 0.465 e. The van der Waals surface area contributed by atoms with Gasteiger partial charge in [-0.1, -0.05) is 11.6 Å². The lowest BCUT2D eigenvalue weighted by Crippen LogP contribution is -2.14. The van der Waals surface area contributed by atoms with Crippen molar-refractivity contribution in [1.29, 1.82) is 0 Å². The second kappa shape index (κ2) is 4.78. The van der Waals surface area contributed by atoms with Crippen LogP contribution in [0.25, 0.3) is 0 Å². The Morgan fingerprint density at radius 1 is 1.50 bits per heavy atom. The summed E-state index contributed by atoms with van der Waals surface area (Å²) in [4.78, 5) is 11.7. The molecule has 1 aromatic carbocycles. The molecule has 1 aromatic rings. The molecule has 1 aliphatic rings. The standard InChI is InChI=1S/C12H15NO2S/c1-9-4-5-11(13-6-3-7-16-13)10(8-9)12(14)15-2/h4-5,8H,3,6-7H2,1-2H3. The minimum absolute atomic E-state index is 0.258. The average molecular weight is 237 g/mol. The van der Waals surface area contributed by atoms with Crippen molar-refractivity contribution in [2.24, 2.45) is 0 Å². The Hall–Kier alpha value is -1.16. The molecule has 4 heteroatoms. The van der Waals surface area contributed by atoms with E-state index in [1.54, 1.807) is 11.9 Å². The van der Waals surface area contributed by atoms with Gasteiger partial charge >= 0.3 is 5.97 Å². The summed E-state index contributed by atoms with van der Waals surface area (Å²) in [6, 6.07) is 5.92. The van der Waals surface area contributed by atoms with E-state index in [1.807, 2.05) is 25.1 Å². The third-order valence-electron chi connectivity index (χ3n) is 2.58. The van der Waals surface area contributed by atoms with Crippen molar-refractivity contribution >= 4 is 23.6 Å². The van der Waals surface area contributed by atoms with Crippen molar-refractivity contribution in [3.8, 4) is 0 Å². The highest BCUT2D eigenvalue weighted by Gasteiger charge is 2.20. The highest BCUT2D eigenvalue weighted by Crippen LogP contribution is 2.32. The average Bonchev–Trinajstić information content (AvgIpc) is 2.81. The Morgan fingerprint density at radius 3 is 2.94 bits per heavy atom. The molecule has 0 N–H and O–H groups in total. The van der Waals surface area contributed by atoms with E-state index >= 15 is 0 Å². The minimum Gasteiger partial charge on any atom is -0.465 e. The van der Waals surface area contributed by atoms with Crippen LogP contribution >= 0.6 is 11.9 Å². The zero-order valence-electron chi connectivity index (χ0n) is 9.53. The SMILES string of the molecule is COC(=O)c1cc(C)ccc1N1CCCS1. The monoisotopic (exact) mass is 237 g/mol. The molecule has 1 heterocycles. The Bertz CT molecular complexity index is 400. The van der Waals surface area contributed by atoms with Crippen LogP contribution in [0.3, 0.4) is 0 Å². The van der Waals surface area contributed by atoms with Crippen molar-refractivity contribution in [3.05, 3.63) is 29.3 Å². The second-order valence-corrected chi connectivity index (χ2v) is 4.91. The second-order valence-electron chi connectivity index (χ2n) is 3.80.